The molecule has 0 aliphatic heterocycles. The van der Waals surface area contributed by atoms with E-state index in [1.807, 2.05) is 70.2 Å². The van der Waals surface area contributed by atoms with Gasteiger partial charge >= 0.3 is 0 Å². The van der Waals surface area contributed by atoms with Gasteiger partial charge in [-0.3, -0.25) is 14.2 Å². The van der Waals surface area contributed by atoms with Gasteiger partial charge in [0.25, 0.3) is 5.56 Å². The van der Waals surface area contributed by atoms with Crippen LogP contribution >= 0.6 is 11.3 Å². The normalized spacial score (nSPS) is 11.0. The molecule has 0 fully saturated rings. The fraction of sp³-hybridized carbons (Fsp3) is 0.240. The monoisotopic (exact) mass is 447 g/mol. The van der Waals surface area contributed by atoms with Gasteiger partial charge in [-0.25, -0.2) is 4.98 Å². The quantitative estimate of drug-likeness (QED) is 0.447. The number of carbonyl (C=O) groups excluding carboxylic acids is 1. The van der Waals surface area contributed by atoms with E-state index in [2.05, 4.69) is 10.3 Å². The molecule has 4 rings (SSSR count). The van der Waals surface area contributed by atoms with E-state index >= 15 is 0 Å². The average molecular weight is 448 g/mol. The Labute approximate surface area is 190 Å². The number of nitrogens with one attached hydrogen (secondary N) is 1. The van der Waals surface area contributed by atoms with E-state index in [0.29, 0.717) is 16.8 Å². The molecule has 0 aliphatic rings. The molecule has 7 heteroatoms. The van der Waals surface area contributed by atoms with E-state index in [0.717, 1.165) is 38.6 Å². The zero-order valence-electron chi connectivity index (χ0n) is 18.6. The largest absolute Gasteiger partial charge is 0.494 e. The van der Waals surface area contributed by atoms with Crippen molar-refractivity contribution in [1.29, 1.82) is 0 Å². The molecule has 2 aromatic carbocycles. The maximum atomic E-state index is 13.3. The molecule has 1 N–H and O–H groups in total. The molecule has 164 valence electrons. The summed E-state index contributed by atoms with van der Waals surface area (Å²) in [4.78, 5) is 32.2. The van der Waals surface area contributed by atoms with Gasteiger partial charge in [0, 0.05) is 16.1 Å². The maximum absolute atomic E-state index is 13.3. The number of aryl methyl sites for hydroxylation is 3. The number of hydrogen-bond donors (Lipinski definition) is 1. The number of benzene rings is 2. The molecule has 32 heavy (non-hydrogen) atoms. The summed E-state index contributed by atoms with van der Waals surface area (Å²) < 4.78 is 6.90. The molecule has 4 aromatic rings. The van der Waals surface area contributed by atoms with Crippen LogP contribution in [-0.4, -0.2) is 22.1 Å². The number of nitrogens with zero attached hydrogens (tertiary/aromatic N) is 2. The summed E-state index contributed by atoms with van der Waals surface area (Å²) in [6.07, 6.45) is 1.45. The molecule has 6 nitrogen and oxygen atoms in total. The predicted octanol–water partition coefficient (Wildman–Crippen LogP) is 5.09. The summed E-state index contributed by atoms with van der Waals surface area (Å²) >= 11 is 1.48. The maximum Gasteiger partial charge on any atom is 0.263 e. The molecule has 0 spiro atoms. The van der Waals surface area contributed by atoms with Crippen LogP contribution in [0.25, 0.3) is 21.3 Å². The first-order chi connectivity index (χ1) is 15.4. The smallest absolute Gasteiger partial charge is 0.263 e. The molecule has 2 heterocycles. The first-order valence-electron chi connectivity index (χ1n) is 10.5. The minimum absolute atomic E-state index is 0.104. The minimum atomic E-state index is -0.267. The molecule has 0 aliphatic carbocycles. The Morgan fingerprint density at radius 1 is 1.12 bits per heavy atom. The molecule has 0 radical (unpaired) electrons. The molecule has 2 aromatic heterocycles. The van der Waals surface area contributed by atoms with Crippen molar-refractivity contribution in [3.8, 4) is 16.9 Å². The van der Waals surface area contributed by atoms with Gasteiger partial charge in [0.05, 0.1) is 18.3 Å². The number of carbonyl (C=O) groups is 1. The second-order valence-corrected chi connectivity index (χ2v) is 8.92. The van der Waals surface area contributed by atoms with Crippen molar-refractivity contribution in [2.75, 3.05) is 11.9 Å². The van der Waals surface area contributed by atoms with Crippen LogP contribution in [0.4, 0.5) is 5.69 Å². The van der Waals surface area contributed by atoms with E-state index in [9.17, 15) is 9.59 Å². The Kier molecular flexibility index (Phi) is 6.10. The van der Waals surface area contributed by atoms with Gasteiger partial charge in [-0.2, -0.15) is 0 Å². The standard InChI is InChI=1S/C25H25N3O3S/c1-5-31-19-10-8-18(9-11-19)22-17(4)32-24-23(22)25(30)28(14-26-24)13-21(29)27-20-12-15(2)6-7-16(20)3/h6-12,14H,5,13H2,1-4H3,(H,27,29). The lowest BCUT2D eigenvalue weighted by molar-refractivity contribution is -0.116. The van der Waals surface area contributed by atoms with Crippen LogP contribution in [0.5, 0.6) is 5.75 Å². The Morgan fingerprint density at radius 3 is 2.59 bits per heavy atom. The fourth-order valence-corrected chi connectivity index (χ4v) is 4.70. The minimum Gasteiger partial charge on any atom is -0.494 e. The van der Waals surface area contributed by atoms with Gasteiger partial charge in [-0.15, -0.1) is 11.3 Å². The number of hydrogen-bond acceptors (Lipinski definition) is 5. The van der Waals surface area contributed by atoms with Gasteiger partial charge in [0.15, 0.2) is 0 Å². The highest BCUT2D eigenvalue weighted by Gasteiger charge is 2.18. The zero-order valence-corrected chi connectivity index (χ0v) is 19.4. The van der Waals surface area contributed by atoms with Crippen molar-refractivity contribution in [1.82, 2.24) is 9.55 Å². The topological polar surface area (TPSA) is 73.2 Å². The van der Waals surface area contributed by atoms with Gasteiger partial charge in [-0.1, -0.05) is 24.3 Å². The van der Waals surface area contributed by atoms with Crippen molar-refractivity contribution in [2.45, 2.75) is 34.2 Å². The lowest BCUT2D eigenvalue weighted by Gasteiger charge is -2.11. The molecular formula is C25H25N3O3S. The highest BCUT2D eigenvalue weighted by atomic mass is 32.1. The summed E-state index contributed by atoms with van der Waals surface area (Å²) in [6, 6.07) is 13.6. The number of aromatic nitrogens is 2. The molecule has 0 unspecified atom stereocenters. The Morgan fingerprint density at radius 2 is 1.88 bits per heavy atom. The number of thiophene rings is 1. The van der Waals surface area contributed by atoms with Crippen molar-refractivity contribution in [3.05, 3.63) is 75.1 Å². The Balaban J connectivity index is 1.67. The third-order valence-corrected chi connectivity index (χ3v) is 6.30. The van der Waals surface area contributed by atoms with E-state index in [-0.39, 0.29) is 18.0 Å². The summed E-state index contributed by atoms with van der Waals surface area (Å²) in [5.41, 5.74) is 4.33. The van der Waals surface area contributed by atoms with Gasteiger partial charge < -0.3 is 10.1 Å². The SMILES string of the molecule is CCOc1ccc(-c2c(C)sc3ncn(CC(=O)Nc4cc(C)ccc4C)c(=O)c23)cc1. The van der Waals surface area contributed by atoms with Gasteiger partial charge in [-0.05, 0) is 62.6 Å². The average Bonchev–Trinajstić information content (AvgIpc) is 3.10. The van der Waals surface area contributed by atoms with Crippen molar-refractivity contribution < 1.29 is 9.53 Å². The third-order valence-electron chi connectivity index (χ3n) is 5.29. The first-order valence-corrected chi connectivity index (χ1v) is 11.3. The Bertz CT molecular complexity index is 1350. The van der Waals surface area contributed by atoms with Crippen molar-refractivity contribution in [3.63, 3.8) is 0 Å². The van der Waals surface area contributed by atoms with Crippen molar-refractivity contribution >= 4 is 33.1 Å². The highest BCUT2D eigenvalue weighted by Crippen LogP contribution is 2.36. The van der Waals surface area contributed by atoms with E-state index in [4.69, 9.17) is 4.74 Å². The summed E-state index contributed by atoms with van der Waals surface area (Å²) in [5.74, 6) is 0.517. The second kappa shape index (κ2) is 8.96. The third kappa shape index (κ3) is 4.29. The molecular weight excluding hydrogens is 422 g/mol. The number of rotatable bonds is 6. The van der Waals surface area contributed by atoms with Crippen LogP contribution in [0.15, 0.2) is 53.6 Å². The lowest BCUT2D eigenvalue weighted by atomic mass is 10.0. The van der Waals surface area contributed by atoms with Crippen LogP contribution in [0.1, 0.15) is 22.9 Å². The molecule has 0 bridgehead atoms. The number of ether oxygens (including phenoxy) is 1. The van der Waals surface area contributed by atoms with E-state index in [1.54, 1.807) is 0 Å². The van der Waals surface area contributed by atoms with Gasteiger partial charge in [0.1, 0.15) is 17.1 Å². The van der Waals surface area contributed by atoms with E-state index in [1.165, 1.54) is 22.2 Å². The number of fused-ring (bicyclic) bond motifs is 1. The Hall–Kier alpha value is -3.45. The molecule has 0 saturated heterocycles. The lowest BCUT2D eigenvalue weighted by Crippen LogP contribution is -2.28. The van der Waals surface area contributed by atoms with Crippen LogP contribution in [0.2, 0.25) is 0 Å². The van der Waals surface area contributed by atoms with Crippen LogP contribution in [0.3, 0.4) is 0 Å². The van der Waals surface area contributed by atoms with Crippen LogP contribution in [0, 0.1) is 20.8 Å². The highest BCUT2D eigenvalue weighted by molar-refractivity contribution is 7.19. The van der Waals surface area contributed by atoms with E-state index < -0.39 is 0 Å². The summed E-state index contributed by atoms with van der Waals surface area (Å²) in [7, 11) is 0. The summed E-state index contributed by atoms with van der Waals surface area (Å²) in [6.45, 7) is 8.32. The fourth-order valence-electron chi connectivity index (χ4n) is 3.70. The zero-order chi connectivity index (χ0) is 22.8. The number of amides is 1. The molecule has 1 amide bonds. The summed E-state index contributed by atoms with van der Waals surface area (Å²) in [5, 5.41) is 3.45. The molecule has 0 saturated carbocycles. The van der Waals surface area contributed by atoms with Crippen LogP contribution < -0.4 is 15.6 Å². The van der Waals surface area contributed by atoms with Crippen molar-refractivity contribution in [2.24, 2.45) is 0 Å². The number of anilines is 1. The first kappa shape index (κ1) is 21.8. The second-order valence-electron chi connectivity index (χ2n) is 7.71. The van der Waals surface area contributed by atoms with Gasteiger partial charge in [0.2, 0.25) is 5.91 Å². The van der Waals surface area contributed by atoms with Crippen LogP contribution in [-0.2, 0) is 11.3 Å². The predicted molar refractivity (Wildman–Crippen MR) is 130 cm³/mol. The molecule has 0 atom stereocenters.